The third-order valence-electron chi connectivity index (χ3n) is 6.15. The molecule has 35 heavy (non-hydrogen) atoms. The van der Waals surface area contributed by atoms with Crippen molar-refractivity contribution < 1.29 is 23.5 Å². The van der Waals surface area contributed by atoms with Crippen LogP contribution in [-0.2, 0) is 15.0 Å². The molecule has 186 valence electrons. The maximum atomic E-state index is 15.4. The van der Waals surface area contributed by atoms with Crippen LogP contribution in [0.25, 0.3) is 0 Å². The number of carbonyl (C=O) groups is 2. The molecule has 3 N–H and O–H groups in total. The van der Waals surface area contributed by atoms with Gasteiger partial charge in [0.25, 0.3) is 0 Å². The fourth-order valence-corrected chi connectivity index (χ4v) is 5.17. The molecule has 1 saturated heterocycles. The Morgan fingerprint density at radius 1 is 1.23 bits per heavy atom. The summed E-state index contributed by atoms with van der Waals surface area (Å²) in [5.74, 6) is -4.91. The molecule has 2 aromatic carbocycles. The largest absolute Gasteiger partial charge is 0.480 e. The molecule has 2 aromatic rings. The second kappa shape index (κ2) is 10.1. The first-order valence-electron chi connectivity index (χ1n) is 10.9. The minimum atomic E-state index is -1.77. The molecule has 4 unspecified atom stereocenters. The molecule has 0 radical (unpaired) electrons. The molecule has 1 aliphatic heterocycles. The van der Waals surface area contributed by atoms with Crippen LogP contribution in [0.2, 0.25) is 10.0 Å². The number of benzene rings is 2. The van der Waals surface area contributed by atoms with Gasteiger partial charge >= 0.3 is 5.97 Å². The molecule has 1 amide bonds. The number of amides is 1. The van der Waals surface area contributed by atoms with E-state index in [1.807, 2.05) is 20.8 Å². The first-order valence-corrected chi connectivity index (χ1v) is 11.6. The SMILES string of the molecule is CC(C)(C)CC1NC(C(=O)NCC(=O)O)C(c2cccc(Cl)c2F)C1(C#N)c1ccc(Cl)cc1F. The zero-order chi connectivity index (χ0) is 26.1. The predicted molar refractivity (Wildman–Crippen MR) is 128 cm³/mol. The van der Waals surface area contributed by atoms with Gasteiger partial charge < -0.3 is 15.7 Å². The summed E-state index contributed by atoms with van der Waals surface area (Å²) in [6, 6.07) is 8.20. The van der Waals surface area contributed by atoms with Crippen LogP contribution >= 0.6 is 23.2 Å². The fraction of sp³-hybridized carbons (Fsp3) is 0.400. The van der Waals surface area contributed by atoms with Gasteiger partial charge in [-0.3, -0.25) is 9.59 Å². The van der Waals surface area contributed by atoms with Crippen LogP contribution in [0.3, 0.4) is 0 Å². The van der Waals surface area contributed by atoms with Crippen LogP contribution in [-0.4, -0.2) is 35.6 Å². The van der Waals surface area contributed by atoms with E-state index >= 15 is 8.78 Å². The monoisotopic (exact) mass is 523 g/mol. The highest BCUT2D eigenvalue weighted by Crippen LogP contribution is 2.52. The topological polar surface area (TPSA) is 102 Å². The molecule has 1 fully saturated rings. The minimum Gasteiger partial charge on any atom is -0.480 e. The fourth-order valence-electron chi connectivity index (χ4n) is 4.83. The van der Waals surface area contributed by atoms with Crippen LogP contribution in [0.4, 0.5) is 8.78 Å². The van der Waals surface area contributed by atoms with Gasteiger partial charge in [0.15, 0.2) is 0 Å². The van der Waals surface area contributed by atoms with Crippen LogP contribution in [0, 0.1) is 28.4 Å². The average molecular weight is 524 g/mol. The summed E-state index contributed by atoms with van der Waals surface area (Å²) < 4.78 is 30.8. The second-order valence-corrected chi connectivity index (χ2v) is 10.6. The molecule has 1 aliphatic rings. The first-order chi connectivity index (χ1) is 16.3. The molecule has 0 bridgehead atoms. The highest BCUT2D eigenvalue weighted by molar-refractivity contribution is 6.31. The van der Waals surface area contributed by atoms with E-state index in [1.165, 1.54) is 30.3 Å². The average Bonchev–Trinajstić information content (AvgIpc) is 3.07. The Labute approximate surface area is 212 Å². The lowest BCUT2D eigenvalue weighted by Crippen LogP contribution is -2.46. The van der Waals surface area contributed by atoms with Crippen molar-refractivity contribution in [2.24, 2.45) is 5.41 Å². The highest BCUT2D eigenvalue weighted by atomic mass is 35.5. The minimum absolute atomic E-state index is 0.0518. The van der Waals surface area contributed by atoms with E-state index in [1.54, 1.807) is 0 Å². The summed E-state index contributed by atoms with van der Waals surface area (Å²) >= 11 is 12.0. The van der Waals surface area contributed by atoms with Crippen molar-refractivity contribution >= 4 is 35.1 Å². The Balaban J connectivity index is 2.33. The summed E-state index contributed by atoms with van der Waals surface area (Å²) in [7, 11) is 0. The zero-order valence-corrected chi connectivity index (χ0v) is 20.8. The van der Waals surface area contributed by atoms with Gasteiger partial charge in [-0.2, -0.15) is 5.26 Å². The third-order valence-corrected chi connectivity index (χ3v) is 6.67. The van der Waals surface area contributed by atoms with E-state index in [9.17, 15) is 14.9 Å². The number of nitrogens with one attached hydrogen (secondary N) is 2. The van der Waals surface area contributed by atoms with Crippen LogP contribution in [0.15, 0.2) is 36.4 Å². The van der Waals surface area contributed by atoms with E-state index in [-0.39, 0.29) is 26.6 Å². The number of carboxylic acid groups (broad SMARTS) is 1. The summed E-state index contributed by atoms with van der Waals surface area (Å²) in [4.78, 5) is 24.3. The number of carbonyl (C=O) groups excluding carboxylic acids is 1. The number of halogens is 4. The van der Waals surface area contributed by atoms with Gasteiger partial charge in [0.2, 0.25) is 5.91 Å². The van der Waals surface area contributed by atoms with Crippen molar-refractivity contribution in [3.63, 3.8) is 0 Å². The maximum absolute atomic E-state index is 15.4. The lowest BCUT2D eigenvalue weighted by Gasteiger charge is -2.37. The molecular formula is C25H25Cl2F2N3O3. The van der Waals surface area contributed by atoms with E-state index < -0.39 is 53.5 Å². The molecule has 6 nitrogen and oxygen atoms in total. The number of hydrogen-bond donors (Lipinski definition) is 3. The van der Waals surface area contributed by atoms with Gasteiger partial charge in [-0.15, -0.1) is 0 Å². The normalized spacial score (nSPS) is 24.1. The van der Waals surface area contributed by atoms with Crippen molar-refractivity contribution in [1.82, 2.24) is 10.6 Å². The van der Waals surface area contributed by atoms with Gasteiger partial charge in [-0.1, -0.05) is 62.2 Å². The third kappa shape index (κ3) is 5.27. The molecule has 10 heteroatoms. The molecule has 4 atom stereocenters. The van der Waals surface area contributed by atoms with Crippen LogP contribution in [0.5, 0.6) is 0 Å². The summed E-state index contributed by atoms with van der Waals surface area (Å²) in [6.07, 6.45) is 0.310. The van der Waals surface area contributed by atoms with Gasteiger partial charge in [-0.05, 0) is 35.6 Å². The number of aliphatic carboxylic acids is 1. The molecule has 0 aliphatic carbocycles. The number of carboxylic acids is 1. The highest BCUT2D eigenvalue weighted by Gasteiger charge is 2.61. The smallest absolute Gasteiger partial charge is 0.322 e. The molecular weight excluding hydrogens is 499 g/mol. The molecule has 0 aromatic heterocycles. The van der Waals surface area contributed by atoms with E-state index in [4.69, 9.17) is 28.3 Å². The lowest BCUT2D eigenvalue weighted by atomic mass is 9.62. The summed E-state index contributed by atoms with van der Waals surface area (Å²) in [6.45, 7) is 5.08. The Morgan fingerprint density at radius 3 is 2.49 bits per heavy atom. The molecule has 3 rings (SSSR count). The van der Waals surface area contributed by atoms with Gasteiger partial charge in [0.1, 0.15) is 23.6 Å². The van der Waals surface area contributed by atoms with Gasteiger partial charge in [0.05, 0.1) is 17.1 Å². The quantitative estimate of drug-likeness (QED) is 0.504. The van der Waals surface area contributed by atoms with E-state index in [0.29, 0.717) is 6.42 Å². The van der Waals surface area contributed by atoms with Crippen molar-refractivity contribution in [2.75, 3.05) is 6.54 Å². The van der Waals surface area contributed by atoms with Gasteiger partial charge in [-0.25, -0.2) is 8.78 Å². The van der Waals surface area contributed by atoms with Crippen molar-refractivity contribution in [2.45, 2.75) is 50.6 Å². The Hall–Kier alpha value is -2.73. The Kier molecular flexibility index (Phi) is 7.75. The second-order valence-electron chi connectivity index (χ2n) is 9.80. The van der Waals surface area contributed by atoms with E-state index in [0.717, 1.165) is 6.07 Å². The number of nitrogens with zero attached hydrogens (tertiary/aromatic N) is 1. The standard InChI is InChI=1S/C25H25Cl2F2N3O3/c1-24(2,3)10-18-25(12-30,15-8-7-13(26)9-17(15)28)20(14-5-4-6-16(27)21(14)29)22(32-18)23(35)31-11-19(33)34/h4-9,18,20,22,32H,10-11H2,1-3H3,(H,31,35)(H,33,34). The number of nitriles is 1. The van der Waals surface area contributed by atoms with E-state index in [2.05, 4.69) is 16.7 Å². The van der Waals surface area contributed by atoms with Crippen LogP contribution in [0.1, 0.15) is 44.2 Å². The Bertz CT molecular complexity index is 1200. The number of hydrogen-bond acceptors (Lipinski definition) is 4. The maximum Gasteiger partial charge on any atom is 0.322 e. The number of rotatable bonds is 6. The lowest BCUT2D eigenvalue weighted by molar-refractivity contribution is -0.138. The van der Waals surface area contributed by atoms with Crippen molar-refractivity contribution in [1.29, 1.82) is 5.26 Å². The summed E-state index contributed by atoms with van der Waals surface area (Å²) in [5.41, 5.74) is -2.26. The zero-order valence-electron chi connectivity index (χ0n) is 19.3. The molecule has 1 heterocycles. The summed E-state index contributed by atoms with van der Waals surface area (Å²) in [5, 5.41) is 25.0. The van der Waals surface area contributed by atoms with Crippen LogP contribution < -0.4 is 10.6 Å². The Morgan fingerprint density at radius 2 is 1.91 bits per heavy atom. The van der Waals surface area contributed by atoms with Crippen molar-refractivity contribution in [3.8, 4) is 6.07 Å². The molecule has 0 spiro atoms. The first kappa shape index (κ1) is 26.9. The predicted octanol–water partition coefficient (Wildman–Crippen LogP) is 4.79. The van der Waals surface area contributed by atoms with Crippen molar-refractivity contribution in [3.05, 3.63) is 69.2 Å². The van der Waals surface area contributed by atoms with Gasteiger partial charge in [0, 0.05) is 22.5 Å². The molecule has 0 saturated carbocycles.